The van der Waals surface area contributed by atoms with Crippen molar-refractivity contribution in [1.82, 2.24) is 0 Å². The molecule has 7 rings (SSSR count). The number of hydrogen-bond donors (Lipinski definition) is 0. The molecular weight excluding hydrogens is 844 g/mol. The van der Waals surface area contributed by atoms with Crippen molar-refractivity contribution in [2.45, 2.75) is 99.7 Å². The van der Waals surface area contributed by atoms with Crippen LogP contribution in [0.5, 0.6) is 0 Å². The molecule has 284 valence electrons. The van der Waals surface area contributed by atoms with Gasteiger partial charge in [-0.1, -0.05) is 69.6 Å². The standard InChI is InChI=1S/C18H26BNO3.C12H14BrNO.C12H14INO/c1-16(2)11-15(21)20(12-16)14-9-7-13(8-10-14)19-22-17(3,4)18(5,6)23-19;2*1-12(2)7-11(15)14(8-12)10-5-3-9(13)4-6-10/h7-10H,11-12H2,1-6H3;2*3-6H,7-8H2,1-2H3. The maximum absolute atomic E-state index is 12.2. The van der Waals surface area contributed by atoms with Gasteiger partial charge >= 0.3 is 7.12 Å². The van der Waals surface area contributed by atoms with Crippen molar-refractivity contribution in [1.29, 1.82) is 0 Å². The van der Waals surface area contributed by atoms with E-state index in [0.29, 0.717) is 19.3 Å². The van der Waals surface area contributed by atoms with Crippen LogP contribution in [0, 0.1) is 19.8 Å². The van der Waals surface area contributed by atoms with Crippen LogP contribution in [0.15, 0.2) is 77.3 Å². The molecule has 4 aliphatic rings. The summed E-state index contributed by atoms with van der Waals surface area (Å²) in [7, 11) is -0.361. The highest BCUT2D eigenvalue weighted by Gasteiger charge is 2.51. The number of rotatable bonds is 4. The van der Waals surface area contributed by atoms with Crippen LogP contribution >= 0.6 is 38.5 Å². The number of benzene rings is 3. The molecule has 53 heavy (non-hydrogen) atoms. The fourth-order valence-corrected chi connectivity index (χ4v) is 7.59. The number of halogens is 2. The average Bonchev–Trinajstić information content (AvgIpc) is 3.69. The van der Waals surface area contributed by atoms with E-state index in [4.69, 9.17) is 9.31 Å². The van der Waals surface area contributed by atoms with Crippen LogP contribution < -0.4 is 20.2 Å². The fraction of sp³-hybridized carbons (Fsp3) is 0.500. The topological polar surface area (TPSA) is 79.4 Å². The van der Waals surface area contributed by atoms with E-state index >= 15 is 0 Å². The van der Waals surface area contributed by atoms with Gasteiger partial charge in [0.25, 0.3) is 0 Å². The Balaban J connectivity index is 0.000000159. The van der Waals surface area contributed by atoms with Crippen LogP contribution in [0.2, 0.25) is 0 Å². The van der Waals surface area contributed by atoms with Gasteiger partial charge in [-0.25, -0.2) is 0 Å². The maximum Gasteiger partial charge on any atom is 0.494 e. The molecule has 0 unspecified atom stereocenters. The molecule has 4 saturated heterocycles. The van der Waals surface area contributed by atoms with E-state index < -0.39 is 0 Å². The molecule has 11 heteroatoms. The van der Waals surface area contributed by atoms with E-state index in [9.17, 15) is 14.4 Å². The molecule has 0 radical (unpaired) electrons. The van der Waals surface area contributed by atoms with Crippen molar-refractivity contribution in [2.75, 3.05) is 34.3 Å². The Labute approximate surface area is 338 Å². The predicted molar refractivity (Wildman–Crippen MR) is 228 cm³/mol. The van der Waals surface area contributed by atoms with E-state index in [0.717, 1.165) is 46.6 Å². The van der Waals surface area contributed by atoms with Gasteiger partial charge in [-0.15, -0.1) is 0 Å². The van der Waals surface area contributed by atoms with E-state index in [1.807, 2.05) is 115 Å². The summed E-state index contributed by atoms with van der Waals surface area (Å²) < 4.78 is 14.4. The number of hydrogen-bond acceptors (Lipinski definition) is 5. The van der Waals surface area contributed by atoms with Gasteiger partial charge in [0, 0.05) is 64.0 Å². The Morgan fingerprint density at radius 3 is 1.13 bits per heavy atom. The minimum absolute atomic E-state index is 0.0431. The van der Waals surface area contributed by atoms with Crippen LogP contribution in [-0.4, -0.2) is 55.7 Å². The largest absolute Gasteiger partial charge is 0.494 e. The third-order valence-electron chi connectivity index (χ3n) is 10.6. The monoisotopic (exact) mass is 897 g/mol. The van der Waals surface area contributed by atoms with E-state index in [-0.39, 0.29) is 52.3 Å². The molecule has 8 nitrogen and oxygen atoms in total. The average molecular weight is 899 g/mol. The lowest BCUT2D eigenvalue weighted by Crippen LogP contribution is -2.41. The molecule has 0 atom stereocenters. The van der Waals surface area contributed by atoms with Crippen molar-refractivity contribution in [3.8, 4) is 0 Å². The molecular formula is C42H54BBrIN3O5. The third kappa shape index (κ3) is 10.1. The first-order chi connectivity index (χ1) is 24.5. The molecule has 0 aliphatic carbocycles. The highest BCUT2D eigenvalue weighted by atomic mass is 127. The van der Waals surface area contributed by atoms with Crippen LogP contribution in [0.4, 0.5) is 17.1 Å². The molecule has 3 amide bonds. The summed E-state index contributed by atoms with van der Waals surface area (Å²) in [6, 6.07) is 23.9. The summed E-state index contributed by atoms with van der Waals surface area (Å²) in [4.78, 5) is 41.4. The number of anilines is 3. The SMILES string of the molecule is CC1(C)CC(=O)N(c2ccc(B3OC(C)(C)C(C)(C)O3)cc2)C1.CC1(C)CC(=O)N(c2ccc(Br)cc2)C1.CC1(C)CC(=O)N(c2ccc(I)cc2)C1. The van der Waals surface area contributed by atoms with Crippen LogP contribution in [0.1, 0.15) is 88.5 Å². The summed E-state index contributed by atoms with van der Waals surface area (Å²) in [5, 5.41) is 0. The second-order valence-corrected chi connectivity index (χ2v) is 20.3. The molecule has 0 spiro atoms. The number of amides is 3. The fourth-order valence-electron chi connectivity index (χ4n) is 6.97. The summed E-state index contributed by atoms with van der Waals surface area (Å²) in [5.41, 5.74) is 3.52. The van der Waals surface area contributed by atoms with Crippen molar-refractivity contribution in [3.63, 3.8) is 0 Å². The number of carbonyl (C=O) groups is 3. The molecule has 0 aromatic heterocycles. The second kappa shape index (κ2) is 15.4. The normalized spacial score (nSPS) is 22.1. The first kappa shape index (κ1) is 41.4. The van der Waals surface area contributed by atoms with Gasteiger partial charge in [-0.2, -0.15) is 0 Å². The van der Waals surface area contributed by atoms with Crippen molar-refractivity contribution >= 4 is 85.9 Å². The first-order valence-electron chi connectivity index (χ1n) is 18.3. The zero-order chi connectivity index (χ0) is 39.1. The van der Waals surface area contributed by atoms with Gasteiger partial charge in [-0.05, 0) is 133 Å². The maximum atomic E-state index is 12.2. The van der Waals surface area contributed by atoms with E-state index in [1.54, 1.807) is 0 Å². The molecule has 0 N–H and O–H groups in total. The lowest BCUT2D eigenvalue weighted by Gasteiger charge is -2.32. The van der Waals surface area contributed by atoms with Crippen molar-refractivity contribution < 1.29 is 23.7 Å². The Morgan fingerprint density at radius 2 is 0.830 bits per heavy atom. The van der Waals surface area contributed by atoms with Crippen LogP contribution in [0.3, 0.4) is 0 Å². The highest BCUT2D eigenvalue weighted by molar-refractivity contribution is 14.1. The Hall–Kier alpha value is -2.74. The predicted octanol–water partition coefficient (Wildman–Crippen LogP) is 9.01. The Kier molecular flexibility index (Phi) is 12.1. The molecule has 4 fully saturated rings. The number of carbonyl (C=O) groups excluding carboxylic acids is 3. The lowest BCUT2D eigenvalue weighted by atomic mass is 9.79. The van der Waals surface area contributed by atoms with Crippen molar-refractivity contribution in [2.24, 2.45) is 16.2 Å². The minimum Gasteiger partial charge on any atom is -0.399 e. The molecule has 4 aliphatic heterocycles. The zero-order valence-corrected chi connectivity index (χ0v) is 36.6. The lowest BCUT2D eigenvalue weighted by molar-refractivity contribution is -0.118. The molecule has 3 aromatic rings. The second-order valence-electron chi connectivity index (χ2n) is 18.1. The van der Waals surface area contributed by atoms with Crippen molar-refractivity contribution in [3.05, 3.63) is 80.8 Å². The van der Waals surface area contributed by atoms with Crippen LogP contribution in [-0.2, 0) is 23.7 Å². The van der Waals surface area contributed by atoms with Gasteiger partial charge in [-0.3, -0.25) is 14.4 Å². The molecule has 0 saturated carbocycles. The zero-order valence-electron chi connectivity index (χ0n) is 32.9. The molecule has 4 heterocycles. The number of nitrogens with zero attached hydrogens (tertiary/aromatic N) is 3. The van der Waals surface area contributed by atoms with Gasteiger partial charge < -0.3 is 24.0 Å². The summed E-state index contributed by atoms with van der Waals surface area (Å²) >= 11 is 5.66. The third-order valence-corrected chi connectivity index (χ3v) is 11.8. The van der Waals surface area contributed by atoms with Gasteiger partial charge in [0.1, 0.15) is 0 Å². The Bertz CT molecular complexity index is 1720. The van der Waals surface area contributed by atoms with Gasteiger partial charge in [0.15, 0.2) is 0 Å². The minimum atomic E-state index is -0.361. The molecule has 3 aromatic carbocycles. The molecule has 0 bridgehead atoms. The van der Waals surface area contributed by atoms with E-state index in [2.05, 4.69) is 80.1 Å². The highest BCUT2D eigenvalue weighted by Crippen LogP contribution is 2.38. The van der Waals surface area contributed by atoms with Gasteiger partial charge in [0.05, 0.1) is 11.2 Å². The van der Waals surface area contributed by atoms with Crippen LogP contribution in [0.25, 0.3) is 0 Å². The quantitative estimate of drug-likeness (QED) is 0.193. The first-order valence-corrected chi connectivity index (χ1v) is 20.2. The Morgan fingerprint density at radius 1 is 0.528 bits per heavy atom. The van der Waals surface area contributed by atoms with Gasteiger partial charge in [0.2, 0.25) is 17.7 Å². The van der Waals surface area contributed by atoms with E-state index in [1.165, 1.54) is 3.57 Å². The smallest absolute Gasteiger partial charge is 0.399 e. The summed E-state index contributed by atoms with van der Waals surface area (Å²) in [6.07, 6.45) is 1.90. The summed E-state index contributed by atoms with van der Waals surface area (Å²) in [6.45, 7) is 23.4. The summed E-state index contributed by atoms with van der Waals surface area (Å²) in [5.74, 6) is 0.655.